The molecule has 2 N–H and O–H groups in total. The van der Waals surface area contributed by atoms with Crippen molar-refractivity contribution in [1.29, 1.82) is 0 Å². The molecule has 0 aromatic carbocycles. The molecule has 0 heterocycles. The van der Waals surface area contributed by atoms with Crippen molar-refractivity contribution >= 4 is 20.4 Å². The van der Waals surface area contributed by atoms with E-state index >= 15 is 0 Å². The van der Waals surface area contributed by atoms with Crippen molar-refractivity contribution in [3.63, 3.8) is 0 Å². The third-order valence-corrected chi connectivity index (χ3v) is 1.38. The summed E-state index contributed by atoms with van der Waals surface area (Å²) in [6.07, 6.45) is 0. The van der Waals surface area contributed by atoms with Crippen molar-refractivity contribution in [3.8, 4) is 0 Å². The fourth-order valence-corrected chi connectivity index (χ4v) is 0.224. The average molecular weight is 178 g/mol. The molecule has 6 nitrogen and oxygen atoms in total. The SMILES string of the molecule is O=C(O)S(=O)(=O)C(=O)O.[H-].[Na+]. The maximum absolute atomic E-state index is 9.83. The number of hydrogen-bond acceptors (Lipinski definition) is 4. The van der Waals surface area contributed by atoms with E-state index in [1.807, 2.05) is 0 Å². The molecule has 0 aliphatic carbocycles. The Morgan fingerprint density at radius 1 is 1.10 bits per heavy atom. The second kappa shape index (κ2) is 3.91. The van der Waals surface area contributed by atoms with Gasteiger partial charge in [0.25, 0.3) is 0 Å². The Hall–Kier alpha value is -0.110. The summed E-state index contributed by atoms with van der Waals surface area (Å²) < 4.78 is 19.7. The summed E-state index contributed by atoms with van der Waals surface area (Å²) in [5.74, 6) is 0. The number of hydrogen-bond donors (Lipinski definition) is 2. The Morgan fingerprint density at radius 2 is 1.30 bits per heavy atom. The van der Waals surface area contributed by atoms with E-state index in [1.165, 1.54) is 0 Å². The van der Waals surface area contributed by atoms with Crippen molar-refractivity contribution in [2.75, 3.05) is 0 Å². The first-order valence-corrected chi connectivity index (χ1v) is 3.08. The molecule has 0 amide bonds. The van der Waals surface area contributed by atoms with Gasteiger partial charge in [0.05, 0.1) is 0 Å². The molecule has 0 unspecified atom stereocenters. The second-order valence-corrected chi connectivity index (χ2v) is 2.74. The molecule has 54 valence electrons. The van der Waals surface area contributed by atoms with Gasteiger partial charge in [0.1, 0.15) is 0 Å². The van der Waals surface area contributed by atoms with Gasteiger partial charge in [-0.05, 0) is 0 Å². The predicted molar refractivity (Wildman–Crippen MR) is 26.1 cm³/mol. The molecular formula is C2H3NaO6S. The molecule has 0 rings (SSSR count). The zero-order valence-electron chi connectivity index (χ0n) is 5.94. The molecule has 0 bridgehead atoms. The fourth-order valence-electron chi connectivity index (χ4n) is 0.0747. The number of rotatable bonds is 0. The normalized spacial score (nSPS) is 9.60. The van der Waals surface area contributed by atoms with E-state index in [-0.39, 0.29) is 31.0 Å². The van der Waals surface area contributed by atoms with Gasteiger partial charge in [-0.25, -0.2) is 18.0 Å². The monoisotopic (exact) mass is 178 g/mol. The maximum atomic E-state index is 9.83. The van der Waals surface area contributed by atoms with Gasteiger partial charge in [0, 0.05) is 0 Å². The minimum absolute atomic E-state index is 0. The van der Waals surface area contributed by atoms with Crippen LogP contribution in [0, 0.1) is 0 Å². The van der Waals surface area contributed by atoms with Crippen LogP contribution in [0.25, 0.3) is 0 Å². The number of carboxylic acid groups (broad SMARTS) is 2. The minimum Gasteiger partial charge on any atom is -1.00 e. The van der Waals surface area contributed by atoms with Crippen LogP contribution in [-0.4, -0.2) is 29.2 Å². The van der Waals surface area contributed by atoms with Gasteiger partial charge >= 0.3 is 50.0 Å². The summed E-state index contributed by atoms with van der Waals surface area (Å²) in [4.78, 5) is 19.0. The minimum atomic E-state index is -4.98. The predicted octanol–water partition coefficient (Wildman–Crippen LogP) is -3.13. The summed E-state index contributed by atoms with van der Waals surface area (Å²) >= 11 is 0. The largest absolute Gasteiger partial charge is 1.00 e. The summed E-state index contributed by atoms with van der Waals surface area (Å²) in [7, 11) is -4.98. The topological polar surface area (TPSA) is 109 Å². The quantitative estimate of drug-likeness (QED) is 0.380. The molecule has 0 atom stereocenters. The van der Waals surface area contributed by atoms with E-state index in [1.54, 1.807) is 0 Å². The molecule has 0 spiro atoms. The van der Waals surface area contributed by atoms with Crippen LogP contribution in [0.1, 0.15) is 1.43 Å². The van der Waals surface area contributed by atoms with E-state index in [2.05, 4.69) is 0 Å². The molecule has 0 saturated carbocycles. The van der Waals surface area contributed by atoms with Crippen molar-refractivity contribution in [3.05, 3.63) is 0 Å². The van der Waals surface area contributed by atoms with Crippen LogP contribution >= 0.6 is 0 Å². The smallest absolute Gasteiger partial charge is 1.00 e. The maximum Gasteiger partial charge on any atom is 1.00 e. The first-order chi connectivity index (χ1) is 3.89. The van der Waals surface area contributed by atoms with Crippen molar-refractivity contribution in [2.45, 2.75) is 0 Å². The van der Waals surface area contributed by atoms with E-state index in [0.717, 1.165) is 0 Å². The van der Waals surface area contributed by atoms with Crippen molar-refractivity contribution < 1.29 is 59.2 Å². The Bertz CT molecular complexity index is 223. The van der Waals surface area contributed by atoms with Crippen LogP contribution < -0.4 is 29.6 Å². The Labute approximate surface area is 79.5 Å². The zero-order chi connectivity index (χ0) is 7.65. The van der Waals surface area contributed by atoms with Crippen molar-refractivity contribution in [1.82, 2.24) is 0 Å². The molecule has 0 aromatic heterocycles. The Morgan fingerprint density at radius 3 is 1.30 bits per heavy atom. The van der Waals surface area contributed by atoms with Gasteiger partial charge in [0.15, 0.2) is 0 Å². The first-order valence-electron chi connectivity index (χ1n) is 1.60. The molecule has 0 fully saturated rings. The Kier molecular flexibility index (Phi) is 4.92. The summed E-state index contributed by atoms with van der Waals surface area (Å²) in [6, 6.07) is 0. The van der Waals surface area contributed by atoms with Gasteiger partial charge in [0.2, 0.25) is 0 Å². The Balaban J connectivity index is -0.000000320. The molecule has 0 radical (unpaired) electrons. The van der Waals surface area contributed by atoms with Crippen LogP contribution in [0.3, 0.4) is 0 Å². The van der Waals surface area contributed by atoms with Crippen LogP contribution in [0.2, 0.25) is 0 Å². The van der Waals surface area contributed by atoms with Gasteiger partial charge in [-0.1, -0.05) is 0 Å². The summed E-state index contributed by atoms with van der Waals surface area (Å²) in [6.45, 7) is 0. The van der Waals surface area contributed by atoms with Crippen LogP contribution in [-0.2, 0) is 9.84 Å². The van der Waals surface area contributed by atoms with E-state index in [4.69, 9.17) is 10.2 Å². The van der Waals surface area contributed by atoms with E-state index in [9.17, 15) is 18.0 Å². The van der Waals surface area contributed by atoms with Gasteiger partial charge in [-0.15, -0.1) is 0 Å². The van der Waals surface area contributed by atoms with Crippen LogP contribution in [0.15, 0.2) is 0 Å². The van der Waals surface area contributed by atoms with Crippen LogP contribution in [0.4, 0.5) is 9.59 Å². The summed E-state index contributed by atoms with van der Waals surface area (Å²) in [5, 5.41) is 10.6. The van der Waals surface area contributed by atoms with E-state index < -0.39 is 20.4 Å². The average Bonchev–Trinajstić information content (AvgIpc) is 1.65. The fraction of sp³-hybridized carbons (Fsp3) is 0. The molecule has 0 saturated heterocycles. The molecule has 0 aromatic rings. The molecule has 8 heteroatoms. The van der Waals surface area contributed by atoms with E-state index in [0.29, 0.717) is 0 Å². The summed E-state index contributed by atoms with van der Waals surface area (Å²) in [5.41, 5.74) is 0. The molecule has 0 aliphatic heterocycles. The molecule has 10 heavy (non-hydrogen) atoms. The second-order valence-electron chi connectivity index (χ2n) is 1.04. The van der Waals surface area contributed by atoms with Crippen LogP contribution in [0.5, 0.6) is 0 Å². The zero-order valence-corrected chi connectivity index (χ0v) is 7.75. The van der Waals surface area contributed by atoms with Gasteiger partial charge in [-0.2, -0.15) is 0 Å². The number of carbonyl (C=O) groups is 2. The molecule has 0 aliphatic rings. The van der Waals surface area contributed by atoms with Crippen molar-refractivity contribution in [2.24, 2.45) is 0 Å². The standard InChI is InChI=1S/C2H2O6S.Na.H/c3-1(4)9(7,8)2(5)6;;/h(H,3,4)(H,5,6);;/q;+1;-1. The third-order valence-electron chi connectivity index (χ3n) is 0.460. The molecular weight excluding hydrogens is 175 g/mol. The first kappa shape index (κ1) is 12.6. The van der Waals surface area contributed by atoms with Gasteiger partial charge < -0.3 is 11.6 Å². The number of sulfone groups is 1. The third kappa shape index (κ3) is 2.65. The van der Waals surface area contributed by atoms with Gasteiger partial charge in [-0.3, -0.25) is 0 Å².